The number of carbonyl (C=O) groups is 1. The van der Waals surface area contributed by atoms with Gasteiger partial charge in [-0.2, -0.15) is 0 Å². The molecule has 4 aliphatic rings. The van der Waals surface area contributed by atoms with Crippen LogP contribution in [0.15, 0.2) is 22.3 Å². The number of carboxylic acids is 1. The van der Waals surface area contributed by atoms with Crippen molar-refractivity contribution < 1.29 is 19.4 Å². The molecule has 6 atom stereocenters. The molecule has 2 saturated heterocycles. The summed E-state index contributed by atoms with van der Waals surface area (Å²) in [4.78, 5) is 11.6. The normalized spacial score (nSPS) is 49.5. The fraction of sp³-hybridized carbons (Fsp3) is 0.688. The second-order valence-electron chi connectivity index (χ2n) is 6.64. The number of ether oxygens (including phenoxy) is 2. The summed E-state index contributed by atoms with van der Waals surface area (Å²) in [5.74, 6) is -0.357. The van der Waals surface area contributed by atoms with Gasteiger partial charge in [-0.1, -0.05) is 19.4 Å². The molecule has 108 valence electrons. The Morgan fingerprint density at radius 1 is 1.20 bits per heavy atom. The van der Waals surface area contributed by atoms with Gasteiger partial charge in [0.25, 0.3) is 0 Å². The molecule has 3 fully saturated rings. The van der Waals surface area contributed by atoms with Crippen LogP contribution in [0.4, 0.5) is 0 Å². The standard InChI is InChI=1S/C16H20O4/c1-6-4-10-11(19-10)5-9(6)13-7(2)12(16(17)18)8(3)14-15(13)20-14/h6-7,10-11,14-15H,4-5H2,1-3H3,(H,17,18). The van der Waals surface area contributed by atoms with Crippen LogP contribution in [0.2, 0.25) is 0 Å². The molecule has 0 radical (unpaired) electrons. The van der Waals surface area contributed by atoms with Gasteiger partial charge in [0.05, 0.1) is 12.2 Å². The summed E-state index contributed by atoms with van der Waals surface area (Å²) in [7, 11) is 0. The van der Waals surface area contributed by atoms with Crippen molar-refractivity contribution in [3.05, 3.63) is 22.3 Å². The van der Waals surface area contributed by atoms with Crippen molar-refractivity contribution in [1.82, 2.24) is 0 Å². The number of hydrogen-bond acceptors (Lipinski definition) is 3. The zero-order valence-corrected chi connectivity index (χ0v) is 12.1. The molecule has 0 aromatic carbocycles. The molecule has 20 heavy (non-hydrogen) atoms. The van der Waals surface area contributed by atoms with Gasteiger partial charge in [-0.3, -0.25) is 0 Å². The Morgan fingerprint density at radius 3 is 2.65 bits per heavy atom. The minimum Gasteiger partial charge on any atom is -0.478 e. The first-order valence-corrected chi connectivity index (χ1v) is 7.46. The molecular weight excluding hydrogens is 256 g/mol. The molecule has 0 amide bonds. The third-order valence-corrected chi connectivity index (χ3v) is 5.44. The Morgan fingerprint density at radius 2 is 1.95 bits per heavy atom. The lowest BCUT2D eigenvalue weighted by Gasteiger charge is -2.29. The van der Waals surface area contributed by atoms with Gasteiger partial charge >= 0.3 is 5.97 Å². The first kappa shape index (κ1) is 12.6. The van der Waals surface area contributed by atoms with Crippen LogP contribution < -0.4 is 0 Å². The summed E-state index contributed by atoms with van der Waals surface area (Å²) in [5, 5.41) is 9.50. The minimum absolute atomic E-state index is 0.00449. The first-order chi connectivity index (χ1) is 9.49. The highest BCUT2D eigenvalue weighted by Crippen LogP contribution is 2.52. The number of aliphatic carboxylic acids is 1. The van der Waals surface area contributed by atoms with Crippen LogP contribution >= 0.6 is 0 Å². The Balaban J connectivity index is 1.77. The summed E-state index contributed by atoms with van der Waals surface area (Å²) in [6, 6.07) is 0. The largest absolute Gasteiger partial charge is 0.478 e. The van der Waals surface area contributed by atoms with Crippen molar-refractivity contribution in [2.75, 3.05) is 0 Å². The third-order valence-electron chi connectivity index (χ3n) is 5.44. The van der Waals surface area contributed by atoms with Crippen LogP contribution in [0.25, 0.3) is 0 Å². The summed E-state index contributed by atoms with van der Waals surface area (Å²) < 4.78 is 11.4. The molecule has 2 aliphatic carbocycles. The van der Waals surface area contributed by atoms with Crippen molar-refractivity contribution in [1.29, 1.82) is 0 Å². The Kier molecular flexibility index (Phi) is 2.49. The van der Waals surface area contributed by atoms with E-state index in [1.807, 2.05) is 13.8 Å². The van der Waals surface area contributed by atoms with E-state index in [1.54, 1.807) is 0 Å². The van der Waals surface area contributed by atoms with Crippen molar-refractivity contribution >= 4 is 5.97 Å². The molecule has 0 aromatic rings. The Hall–Kier alpha value is -1.13. The van der Waals surface area contributed by atoms with E-state index in [2.05, 4.69) is 6.92 Å². The lowest BCUT2D eigenvalue weighted by atomic mass is 9.73. The van der Waals surface area contributed by atoms with E-state index in [4.69, 9.17) is 9.47 Å². The van der Waals surface area contributed by atoms with Gasteiger partial charge in [-0.05, 0) is 36.8 Å². The molecule has 1 saturated carbocycles. The summed E-state index contributed by atoms with van der Waals surface area (Å²) >= 11 is 0. The van der Waals surface area contributed by atoms with Crippen LogP contribution in [0.5, 0.6) is 0 Å². The van der Waals surface area contributed by atoms with E-state index in [0.29, 0.717) is 23.7 Å². The molecular formula is C16H20O4. The first-order valence-electron chi connectivity index (χ1n) is 7.46. The molecule has 4 heteroatoms. The lowest BCUT2D eigenvalue weighted by molar-refractivity contribution is -0.133. The van der Waals surface area contributed by atoms with Crippen molar-refractivity contribution in [3.63, 3.8) is 0 Å². The Bertz CT molecular complexity index is 559. The quantitative estimate of drug-likeness (QED) is 0.589. The van der Waals surface area contributed by atoms with Crippen LogP contribution in [0.3, 0.4) is 0 Å². The zero-order chi connectivity index (χ0) is 14.2. The number of rotatable bonds is 1. The number of carboxylic acid groups (broad SMARTS) is 1. The molecule has 6 unspecified atom stereocenters. The highest BCUT2D eigenvalue weighted by atomic mass is 16.6. The van der Waals surface area contributed by atoms with Gasteiger partial charge in [0.1, 0.15) is 12.2 Å². The van der Waals surface area contributed by atoms with E-state index in [1.165, 1.54) is 11.1 Å². The van der Waals surface area contributed by atoms with Crippen molar-refractivity contribution in [2.24, 2.45) is 11.8 Å². The monoisotopic (exact) mass is 276 g/mol. The summed E-state index contributed by atoms with van der Waals surface area (Å²) in [6.07, 6.45) is 2.98. The van der Waals surface area contributed by atoms with Gasteiger partial charge in [0, 0.05) is 11.5 Å². The number of epoxide rings is 2. The Labute approximate surface area is 118 Å². The van der Waals surface area contributed by atoms with Crippen LogP contribution in [-0.2, 0) is 14.3 Å². The van der Waals surface area contributed by atoms with Crippen LogP contribution in [-0.4, -0.2) is 35.5 Å². The highest BCUT2D eigenvalue weighted by molar-refractivity contribution is 5.90. The predicted molar refractivity (Wildman–Crippen MR) is 72.2 cm³/mol. The van der Waals surface area contributed by atoms with Gasteiger partial charge in [-0.25, -0.2) is 4.79 Å². The van der Waals surface area contributed by atoms with E-state index in [0.717, 1.165) is 18.4 Å². The van der Waals surface area contributed by atoms with E-state index >= 15 is 0 Å². The maximum absolute atomic E-state index is 11.6. The van der Waals surface area contributed by atoms with Gasteiger partial charge < -0.3 is 14.6 Å². The maximum Gasteiger partial charge on any atom is 0.332 e. The SMILES string of the molecule is CC1=C(C(=O)O)C(C)C(=C2CC3OC3CC2C)C2OC12. The molecule has 4 nitrogen and oxygen atoms in total. The number of hydrogen-bond donors (Lipinski definition) is 1. The minimum atomic E-state index is -0.800. The van der Waals surface area contributed by atoms with E-state index in [9.17, 15) is 9.90 Å². The van der Waals surface area contributed by atoms with Crippen molar-refractivity contribution in [3.8, 4) is 0 Å². The lowest BCUT2D eigenvalue weighted by Crippen LogP contribution is -2.27. The van der Waals surface area contributed by atoms with Gasteiger partial charge in [-0.15, -0.1) is 0 Å². The fourth-order valence-electron chi connectivity index (χ4n) is 4.27. The van der Waals surface area contributed by atoms with Crippen LogP contribution in [0.1, 0.15) is 33.6 Å². The predicted octanol–water partition coefficient (Wildman–Crippen LogP) is 2.30. The van der Waals surface area contributed by atoms with E-state index in [-0.39, 0.29) is 18.1 Å². The molecule has 1 N–H and O–H groups in total. The van der Waals surface area contributed by atoms with Crippen molar-refractivity contribution in [2.45, 2.75) is 58.0 Å². The zero-order valence-electron chi connectivity index (χ0n) is 12.1. The molecule has 0 spiro atoms. The average Bonchev–Trinajstić information content (AvgIpc) is 3.22. The van der Waals surface area contributed by atoms with Gasteiger partial charge in [0.2, 0.25) is 0 Å². The maximum atomic E-state index is 11.6. The number of fused-ring (bicyclic) bond motifs is 2. The fourth-order valence-corrected chi connectivity index (χ4v) is 4.27. The van der Waals surface area contributed by atoms with Crippen LogP contribution in [0, 0.1) is 11.8 Å². The van der Waals surface area contributed by atoms with Gasteiger partial charge in [0.15, 0.2) is 0 Å². The molecule has 0 aromatic heterocycles. The molecule has 0 bridgehead atoms. The van der Waals surface area contributed by atoms with E-state index < -0.39 is 5.97 Å². The molecule has 4 rings (SSSR count). The summed E-state index contributed by atoms with van der Waals surface area (Å²) in [5.41, 5.74) is 4.08. The molecule has 2 aliphatic heterocycles. The smallest absolute Gasteiger partial charge is 0.332 e. The second kappa shape index (κ2) is 3.95. The second-order valence-corrected chi connectivity index (χ2v) is 6.64. The summed E-state index contributed by atoms with van der Waals surface area (Å²) in [6.45, 7) is 6.14. The highest BCUT2D eigenvalue weighted by Gasteiger charge is 2.54. The average molecular weight is 276 g/mol. The third kappa shape index (κ3) is 1.64. The topological polar surface area (TPSA) is 62.4 Å². The molecule has 2 heterocycles.